The fraction of sp³-hybridized carbons (Fsp3) is 0.455. The van der Waals surface area contributed by atoms with Crippen LogP contribution < -0.4 is 0 Å². The zero-order valence-corrected chi connectivity index (χ0v) is 10.0. The summed E-state index contributed by atoms with van der Waals surface area (Å²) in [4.78, 5) is 1.17. The van der Waals surface area contributed by atoms with Crippen LogP contribution in [0.1, 0.15) is 12.5 Å². The molecule has 0 radical (unpaired) electrons. The van der Waals surface area contributed by atoms with Crippen LogP contribution in [0.15, 0.2) is 18.2 Å². The summed E-state index contributed by atoms with van der Waals surface area (Å²) < 4.78 is 36.8. The zero-order valence-electron chi connectivity index (χ0n) is 9.26. The molecule has 0 saturated carbocycles. The smallest absolute Gasteiger partial charge is 0.401 e. The number of hydrogen-bond acceptors (Lipinski definition) is 2. The van der Waals surface area contributed by atoms with Crippen molar-refractivity contribution < 1.29 is 18.3 Å². The number of benzene rings is 1. The molecule has 2 nitrogen and oxygen atoms in total. The molecule has 0 spiro atoms. The SMILES string of the molecule is CCN(Cc1c(O)cccc1Cl)CC(F)(F)F. The first-order valence-corrected chi connectivity index (χ1v) is 5.46. The Morgan fingerprint density at radius 2 is 2.00 bits per heavy atom. The van der Waals surface area contributed by atoms with E-state index in [9.17, 15) is 18.3 Å². The lowest BCUT2D eigenvalue weighted by Crippen LogP contribution is -2.33. The average molecular weight is 268 g/mol. The fourth-order valence-electron chi connectivity index (χ4n) is 1.46. The number of rotatable bonds is 4. The molecule has 0 amide bonds. The molecule has 0 saturated heterocycles. The summed E-state index contributed by atoms with van der Waals surface area (Å²) in [5.74, 6) is -0.0851. The lowest BCUT2D eigenvalue weighted by molar-refractivity contribution is -0.146. The molecule has 0 aliphatic heterocycles. The maximum atomic E-state index is 12.3. The normalized spacial score (nSPS) is 12.1. The summed E-state index contributed by atoms with van der Waals surface area (Å²) in [6, 6.07) is 4.49. The number of aromatic hydroxyl groups is 1. The molecule has 6 heteroatoms. The second-order valence-corrected chi connectivity index (χ2v) is 4.06. The van der Waals surface area contributed by atoms with Gasteiger partial charge in [0.25, 0.3) is 0 Å². The molecule has 0 fully saturated rings. The van der Waals surface area contributed by atoms with Crippen molar-refractivity contribution in [3.63, 3.8) is 0 Å². The fourth-order valence-corrected chi connectivity index (χ4v) is 1.69. The highest BCUT2D eigenvalue weighted by Gasteiger charge is 2.30. The summed E-state index contributed by atoms with van der Waals surface area (Å²) in [5, 5.41) is 9.81. The van der Waals surface area contributed by atoms with Crippen LogP contribution in [0.3, 0.4) is 0 Å². The van der Waals surface area contributed by atoms with Gasteiger partial charge in [0.15, 0.2) is 0 Å². The van der Waals surface area contributed by atoms with Gasteiger partial charge in [-0.25, -0.2) is 0 Å². The number of phenolic OH excluding ortho intramolecular Hbond substituents is 1. The van der Waals surface area contributed by atoms with Gasteiger partial charge < -0.3 is 5.11 Å². The predicted octanol–water partition coefficient (Wildman–Crippen LogP) is 3.43. The van der Waals surface area contributed by atoms with Gasteiger partial charge in [0.2, 0.25) is 0 Å². The lowest BCUT2D eigenvalue weighted by atomic mass is 10.2. The van der Waals surface area contributed by atoms with Crippen molar-refractivity contribution in [2.24, 2.45) is 0 Å². The van der Waals surface area contributed by atoms with Crippen molar-refractivity contribution in [1.29, 1.82) is 0 Å². The summed E-state index contributed by atoms with van der Waals surface area (Å²) >= 11 is 5.83. The van der Waals surface area contributed by atoms with Gasteiger partial charge in [-0.15, -0.1) is 0 Å². The number of hydrogen-bond donors (Lipinski definition) is 1. The summed E-state index contributed by atoms with van der Waals surface area (Å²) in [7, 11) is 0. The van der Waals surface area contributed by atoms with Gasteiger partial charge in [-0.3, -0.25) is 4.90 Å². The lowest BCUT2D eigenvalue weighted by Gasteiger charge is -2.22. The molecule has 1 aromatic rings. The van der Waals surface area contributed by atoms with Crippen LogP contribution in [-0.4, -0.2) is 29.3 Å². The van der Waals surface area contributed by atoms with E-state index in [4.69, 9.17) is 11.6 Å². The van der Waals surface area contributed by atoms with E-state index >= 15 is 0 Å². The summed E-state index contributed by atoms with van der Waals surface area (Å²) in [6.45, 7) is 0.805. The van der Waals surface area contributed by atoms with Gasteiger partial charge >= 0.3 is 6.18 Å². The predicted molar refractivity (Wildman–Crippen MR) is 60.1 cm³/mol. The first-order chi connectivity index (χ1) is 7.83. The molecule has 1 aromatic carbocycles. The third-order valence-electron chi connectivity index (χ3n) is 2.33. The van der Waals surface area contributed by atoms with Crippen LogP contribution in [0.25, 0.3) is 0 Å². The van der Waals surface area contributed by atoms with E-state index in [1.807, 2.05) is 0 Å². The first-order valence-electron chi connectivity index (χ1n) is 5.09. The molecular weight excluding hydrogens is 255 g/mol. The quantitative estimate of drug-likeness (QED) is 0.903. The maximum absolute atomic E-state index is 12.3. The van der Waals surface area contributed by atoms with E-state index in [-0.39, 0.29) is 23.9 Å². The minimum absolute atomic E-state index is 0.0263. The Labute approximate surface area is 103 Å². The number of phenols is 1. The van der Waals surface area contributed by atoms with Crippen molar-refractivity contribution >= 4 is 11.6 Å². The second kappa shape index (κ2) is 5.60. The highest BCUT2D eigenvalue weighted by atomic mass is 35.5. The van der Waals surface area contributed by atoms with Crippen LogP contribution in [-0.2, 0) is 6.54 Å². The largest absolute Gasteiger partial charge is 0.508 e. The average Bonchev–Trinajstić information content (AvgIpc) is 2.20. The van der Waals surface area contributed by atoms with Crippen LogP contribution in [0.2, 0.25) is 5.02 Å². The molecular formula is C11H13ClF3NO. The standard InChI is InChI=1S/C11H13ClF3NO/c1-2-16(7-11(13,14)15)6-8-9(12)4-3-5-10(8)17/h3-5,17H,2,6-7H2,1H3. The van der Waals surface area contributed by atoms with Gasteiger partial charge in [-0.1, -0.05) is 24.6 Å². The first kappa shape index (κ1) is 14.1. The number of alkyl halides is 3. The molecule has 17 heavy (non-hydrogen) atoms. The topological polar surface area (TPSA) is 23.5 Å². The Morgan fingerprint density at radius 1 is 1.35 bits per heavy atom. The molecule has 0 aliphatic carbocycles. The molecule has 0 aromatic heterocycles. The summed E-state index contributed by atoms with van der Waals surface area (Å²) in [6.07, 6.45) is -4.26. The molecule has 0 bridgehead atoms. The van der Waals surface area contributed by atoms with E-state index in [0.717, 1.165) is 0 Å². The van der Waals surface area contributed by atoms with Crippen LogP contribution in [0, 0.1) is 0 Å². The second-order valence-electron chi connectivity index (χ2n) is 3.66. The monoisotopic (exact) mass is 267 g/mol. The Bertz CT molecular complexity index is 361. The van der Waals surface area contributed by atoms with Gasteiger partial charge in [0, 0.05) is 17.1 Å². The minimum atomic E-state index is -4.26. The van der Waals surface area contributed by atoms with Crippen molar-refractivity contribution in [2.45, 2.75) is 19.6 Å². The molecule has 0 aliphatic rings. The van der Waals surface area contributed by atoms with Gasteiger partial charge in [0.1, 0.15) is 5.75 Å². The highest BCUT2D eigenvalue weighted by molar-refractivity contribution is 6.31. The third-order valence-corrected chi connectivity index (χ3v) is 2.68. The Kier molecular flexibility index (Phi) is 4.65. The molecule has 0 atom stereocenters. The minimum Gasteiger partial charge on any atom is -0.508 e. The van der Waals surface area contributed by atoms with Crippen molar-refractivity contribution in [1.82, 2.24) is 4.90 Å². The Balaban J connectivity index is 2.81. The van der Waals surface area contributed by atoms with Crippen molar-refractivity contribution in [3.05, 3.63) is 28.8 Å². The Hall–Kier alpha value is -0.940. The van der Waals surface area contributed by atoms with E-state index in [2.05, 4.69) is 0 Å². The van der Waals surface area contributed by atoms with Gasteiger partial charge in [-0.05, 0) is 18.7 Å². The van der Waals surface area contributed by atoms with Gasteiger partial charge in [-0.2, -0.15) is 13.2 Å². The van der Waals surface area contributed by atoms with E-state index in [0.29, 0.717) is 5.56 Å². The van der Waals surface area contributed by atoms with Gasteiger partial charge in [0.05, 0.1) is 6.54 Å². The number of halogens is 4. The molecule has 1 N–H and O–H groups in total. The third kappa shape index (κ3) is 4.44. The maximum Gasteiger partial charge on any atom is 0.401 e. The van der Waals surface area contributed by atoms with Crippen molar-refractivity contribution in [2.75, 3.05) is 13.1 Å². The van der Waals surface area contributed by atoms with Crippen LogP contribution in [0.5, 0.6) is 5.75 Å². The highest BCUT2D eigenvalue weighted by Crippen LogP contribution is 2.27. The molecule has 0 heterocycles. The van der Waals surface area contributed by atoms with Crippen molar-refractivity contribution in [3.8, 4) is 5.75 Å². The molecule has 1 rings (SSSR count). The van der Waals surface area contributed by atoms with E-state index in [1.165, 1.54) is 17.0 Å². The number of nitrogens with zero attached hydrogens (tertiary/aromatic N) is 1. The molecule has 96 valence electrons. The zero-order chi connectivity index (χ0) is 13.1. The summed E-state index contributed by atoms with van der Waals surface area (Å²) in [5.41, 5.74) is 0.320. The van der Waals surface area contributed by atoms with Crippen LogP contribution >= 0.6 is 11.6 Å². The van der Waals surface area contributed by atoms with Crippen LogP contribution in [0.4, 0.5) is 13.2 Å². The van der Waals surface area contributed by atoms with E-state index < -0.39 is 12.7 Å². The molecule has 0 unspecified atom stereocenters. The Morgan fingerprint density at radius 3 is 2.47 bits per heavy atom. The van der Waals surface area contributed by atoms with E-state index in [1.54, 1.807) is 13.0 Å².